The van der Waals surface area contributed by atoms with Crippen LogP contribution in [0.2, 0.25) is 0 Å². The SMILES string of the molecule is COCc1cccc(NC(=O)[C@@H](C)Oc2cc(C)cc(C)c2C)c1. The number of nitrogens with one attached hydrogen (secondary N) is 1. The van der Waals surface area contributed by atoms with E-state index in [-0.39, 0.29) is 5.91 Å². The summed E-state index contributed by atoms with van der Waals surface area (Å²) in [5.74, 6) is 0.575. The Morgan fingerprint density at radius 3 is 2.62 bits per heavy atom. The minimum atomic E-state index is -0.587. The van der Waals surface area contributed by atoms with Gasteiger partial charge in [0.05, 0.1) is 6.61 Å². The summed E-state index contributed by atoms with van der Waals surface area (Å²) in [7, 11) is 1.65. The Morgan fingerprint density at radius 1 is 1.17 bits per heavy atom. The van der Waals surface area contributed by atoms with Crippen LogP contribution in [-0.4, -0.2) is 19.1 Å². The van der Waals surface area contributed by atoms with Crippen molar-refractivity contribution < 1.29 is 14.3 Å². The van der Waals surface area contributed by atoms with Gasteiger partial charge in [0.15, 0.2) is 6.10 Å². The third kappa shape index (κ3) is 4.59. The van der Waals surface area contributed by atoms with E-state index in [1.54, 1.807) is 14.0 Å². The van der Waals surface area contributed by atoms with Crippen LogP contribution in [0.25, 0.3) is 0 Å². The fraction of sp³-hybridized carbons (Fsp3) is 0.350. The van der Waals surface area contributed by atoms with Gasteiger partial charge in [-0.05, 0) is 68.1 Å². The molecule has 0 heterocycles. The van der Waals surface area contributed by atoms with E-state index in [1.807, 2.05) is 51.1 Å². The molecule has 0 spiro atoms. The minimum absolute atomic E-state index is 0.178. The van der Waals surface area contributed by atoms with Gasteiger partial charge in [-0.1, -0.05) is 18.2 Å². The predicted octanol–water partition coefficient (Wildman–Crippen LogP) is 4.16. The lowest BCUT2D eigenvalue weighted by Gasteiger charge is -2.18. The van der Waals surface area contributed by atoms with E-state index < -0.39 is 6.10 Å². The van der Waals surface area contributed by atoms with E-state index in [0.29, 0.717) is 6.61 Å². The second kappa shape index (κ2) is 7.97. The molecule has 2 rings (SSSR count). The van der Waals surface area contributed by atoms with E-state index in [1.165, 1.54) is 0 Å². The number of amides is 1. The van der Waals surface area contributed by atoms with Gasteiger partial charge in [-0.25, -0.2) is 0 Å². The van der Waals surface area contributed by atoms with Crippen molar-refractivity contribution in [3.63, 3.8) is 0 Å². The number of hydrogen-bond acceptors (Lipinski definition) is 3. The third-order valence-corrected chi connectivity index (χ3v) is 3.94. The van der Waals surface area contributed by atoms with Crippen LogP contribution in [0.3, 0.4) is 0 Å². The van der Waals surface area contributed by atoms with Crippen molar-refractivity contribution >= 4 is 11.6 Å². The maximum atomic E-state index is 12.4. The van der Waals surface area contributed by atoms with Crippen molar-refractivity contribution in [3.8, 4) is 5.75 Å². The Labute approximate surface area is 143 Å². The molecule has 2 aromatic rings. The van der Waals surface area contributed by atoms with Gasteiger partial charge in [0.25, 0.3) is 5.91 Å². The van der Waals surface area contributed by atoms with Crippen molar-refractivity contribution in [1.29, 1.82) is 0 Å². The van der Waals surface area contributed by atoms with Crippen LogP contribution in [0.5, 0.6) is 5.75 Å². The van der Waals surface area contributed by atoms with E-state index in [2.05, 4.69) is 11.4 Å². The first-order valence-electron chi connectivity index (χ1n) is 8.04. The zero-order valence-corrected chi connectivity index (χ0v) is 15.0. The zero-order valence-electron chi connectivity index (χ0n) is 15.0. The number of methoxy groups -OCH3 is 1. The predicted molar refractivity (Wildman–Crippen MR) is 96.5 cm³/mol. The number of rotatable bonds is 6. The van der Waals surface area contributed by atoms with Crippen LogP contribution in [0.15, 0.2) is 36.4 Å². The maximum Gasteiger partial charge on any atom is 0.265 e. The van der Waals surface area contributed by atoms with Gasteiger partial charge in [0.1, 0.15) is 5.75 Å². The molecule has 0 unspecified atom stereocenters. The number of carbonyl (C=O) groups is 1. The molecule has 2 aromatic carbocycles. The minimum Gasteiger partial charge on any atom is -0.481 e. The smallest absolute Gasteiger partial charge is 0.265 e. The van der Waals surface area contributed by atoms with Crippen molar-refractivity contribution in [2.45, 2.75) is 40.4 Å². The molecule has 1 atom stereocenters. The van der Waals surface area contributed by atoms with Gasteiger partial charge in [-0.3, -0.25) is 4.79 Å². The Morgan fingerprint density at radius 2 is 1.92 bits per heavy atom. The summed E-state index contributed by atoms with van der Waals surface area (Å²) in [6, 6.07) is 11.7. The third-order valence-electron chi connectivity index (χ3n) is 3.94. The fourth-order valence-electron chi connectivity index (χ4n) is 2.52. The molecule has 0 saturated carbocycles. The Balaban J connectivity index is 2.06. The lowest BCUT2D eigenvalue weighted by molar-refractivity contribution is -0.122. The van der Waals surface area contributed by atoms with Crippen molar-refractivity contribution in [2.75, 3.05) is 12.4 Å². The number of ether oxygens (including phenoxy) is 2. The van der Waals surface area contributed by atoms with Gasteiger partial charge in [-0.2, -0.15) is 0 Å². The summed E-state index contributed by atoms with van der Waals surface area (Å²) >= 11 is 0. The molecule has 4 heteroatoms. The van der Waals surface area contributed by atoms with Gasteiger partial charge < -0.3 is 14.8 Å². The largest absolute Gasteiger partial charge is 0.481 e. The maximum absolute atomic E-state index is 12.4. The van der Waals surface area contributed by atoms with E-state index in [4.69, 9.17) is 9.47 Å². The Hall–Kier alpha value is -2.33. The van der Waals surface area contributed by atoms with Crippen LogP contribution in [0.1, 0.15) is 29.2 Å². The van der Waals surface area contributed by atoms with Crippen LogP contribution in [-0.2, 0) is 16.1 Å². The van der Waals surface area contributed by atoms with Crippen LogP contribution >= 0.6 is 0 Å². The topological polar surface area (TPSA) is 47.6 Å². The number of anilines is 1. The molecule has 1 N–H and O–H groups in total. The molecular weight excluding hydrogens is 302 g/mol. The molecule has 1 amide bonds. The van der Waals surface area contributed by atoms with E-state index >= 15 is 0 Å². The normalized spacial score (nSPS) is 11.9. The summed E-state index contributed by atoms with van der Waals surface area (Å²) in [4.78, 5) is 12.4. The number of aryl methyl sites for hydroxylation is 2. The molecule has 128 valence electrons. The first-order chi connectivity index (χ1) is 11.4. The average Bonchev–Trinajstić information content (AvgIpc) is 2.52. The number of benzene rings is 2. The molecule has 0 aliphatic rings. The summed E-state index contributed by atoms with van der Waals surface area (Å²) in [5.41, 5.74) is 5.08. The van der Waals surface area contributed by atoms with Gasteiger partial charge in [0, 0.05) is 12.8 Å². The second-order valence-corrected chi connectivity index (χ2v) is 6.09. The summed E-state index contributed by atoms with van der Waals surface area (Å²) in [6.07, 6.45) is -0.587. The molecular formula is C20H25NO3. The quantitative estimate of drug-likeness (QED) is 0.866. The van der Waals surface area contributed by atoms with Gasteiger partial charge in [0.2, 0.25) is 0 Å². The number of hydrogen-bond donors (Lipinski definition) is 1. The van der Waals surface area contributed by atoms with Crippen molar-refractivity contribution in [2.24, 2.45) is 0 Å². The average molecular weight is 327 g/mol. The van der Waals surface area contributed by atoms with Crippen molar-refractivity contribution in [3.05, 3.63) is 58.7 Å². The molecule has 0 radical (unpaired) electrons. The molecule has 4 nitrogen and oxygen atoms in total. The van der Waals surface area contributed by atoms with Crippen LogP contribution in [0.4, 0.5) is 5.69 Å². The summed E-state index contributed by atoms with van der Waals surface area (Å²) in [5, 5.41) is 2.89. The molecule has 0 fully saturated rings. The molecule has 0 saturated heterocycles. The van der Waals surface area contributed by atoms with Gasteiger partial charge >= 0.3 is 0 Å². The highest BCUT2D eigenvalue weighted by molar-refractivity contribution is 5.94. The van der Waals surface area contributed by atoms with Crippen LogP contribution in [0, 0.1) is 20.8 Å². The summed E-state index contributed by atoms with van der Waals surface area (Å²) in [6.45, 7) is 8.33. The van der Waals surface area contributed by atoms with E-state index in [9.17, 15) is 4.79 Å². The highest BCUT2D eigenvalue weighted by atomic mass is 16.5. The lowest BCUT2D eigenvalue weighted by atomic mass is 10.1. The Kier molecular flexibility index (Phi) is 5.99. The molecule has 24 heavy (non-hydrogen) atoms. The van der Waals surface area contributed by atoms with Gasteiger partial charge in [-0.15, -0.1) is 0 Å². The Bertz CT molecular complexity index is 725. The molecule has 0 aromatic heterocycles. The molecule has 0 bridgehead atoms. The molecule has 0 aliphatic carbocycles. The lowest BCUT2D eigenvalue weighted by Crippen LogP contribution is -2.30. The first kappa shape index (κ1) is 18.0. The monoisotopic (exact) mass is 327 g/mol. The second-order valence-electron chi connectivity index (χ2n) is 6.09. The van der Waals surface area contributed by atoms with Crippen LogP contribution < -0.4 is 10.1 Å². The highest BCUT2D eigenvalue weighted by Gasteiger charge is 2.17. The zero-order chi connectivity index (χ0) is 17.7. The first-order valence-corrected chi connectivity index (χ1v) is 8.04. The number of carbonyl (C=O) groups excluding carboxylic acids is 1. The molecule has 0 aliphatic heterocycles. The fourth-order valence-corrected chi connectivity index (χ4v) is 2.52. The highest BCUT2D eigenvalue weighted by Crippen LogP contribution is 2.24. The summed E-state index contributed by atoms with van der Waals surface area (Å²) < 4.78 is 11.0. The van der Waals surface area contributed by atoms with Crippen molar-refractivity contribution in [1.82, 2.24) is 0 Å². The standard InChI is InChI=1S/C20H25NO3/c1-13-9-14(2)15(3)19(10-13)24-16(4)20(22)21-18-8-6-7-17(11-18)12-23-5/h6-11,16H,12H2,1-5H3,(H,21,22)/t16-/m1/s1. The van der Waals surface area contributed by atoms with E-state index in [0.717, 1.165) is 33.7 Å².